The van der Waals surface area contributed by atoms with E-state index in [9.17, 15) is 5.11 Å². The van der Waals surface area contributed by atoms with Gasteiger partial charge in [-0.25, -0.2) is 0 Å². The van der Waals surface area contributed by atoms with Crippen molar-refractivity contribution in [2.45, 2.75) is 38.3 Å². The van der Waals surface area contributed by atoms with Crippen LogP contribution in [0.1, 0.15) is 42.9 Å². The summed E-state index contributed by atoms with van der Waals surface area (Å²) in [5.41, 5.74) is 2.62. The van der Waals surface area contributed by atoms with Crippen molar-refractivity contribution in [2.75, 3.05) is 19.7 Å². The van der Waals surface area contributed by atoms with E-state index < -0.39 is 0 Å². The van der Waals surface area contributed by atoms with E-state index in [1.165, 1.54) is 17.5 Å². The van der Waals surface area contributed by atoms with Crippen LogP contribution in [-0.2, 0) is 6.54 Å². The zero-order valence-electron chi connectivity index (χ0n) is 16.5. The molecule has 148 valence electrons. The van der Waals surface area contributed by atoms with Crippen LogP contribution < -0.4 is 0 Å². The first-order valence-corrected chi connectivity index (χ1v) is 10.3. The number of rotatable bonds is 12. The van der Waals surface area contributed by atoms with Gasteiger partial charge in [0.1, 0.15) is 0 Å². The van der Waals surface area contributed by atoms with Crippen LogP contribution in [0.3, 0.4) is 0 Å². The lowest BCUT2D eigenvalue weighted by atomic mass is 9.96. The van der Waals surface area contributed by atoms with Gasteiger partial charge in [-0.2, -0.15) is 5.10 Å². The Morgan fingerprint density at radius 3 is 2.00 bits per heavy atom. The van der Waals surface area contributed by atoms with Gasteiger partial charge < -0.3 is 5.11 Å². The van der Waals surface area contributed by atoms with Crippen LogP contribution in [0.4, 0.5) is 0 Å². The molecular formula is C24H31N3O. The average molecular weight is 378 g/mol. The van der Waals surface area contributed by atoms with Gasteiger partial charge in [0.25, 0.3) is 0 Å². The Balaban J connectivity index is 1.67. The Hall–Kier alpha value is -2.43. The molecule has 0 saturated carbocycles. The summed E-state index contributed by atoms with van der Waals surface area (Å²) >= 11 is 0. The third-order valence-electron chi connectivity index (χ3n) is 5.09. The van der Waals surface area contributed by atoms with Crippen molar-refractivity contribution < 1.29 is 5.11 Å². The highest BCUT2D eigenvalue weighted by atomic mass is 16.3. The number of aryl methyl sites for hydroxylation is 1. The smallest absolute Gasteiger partial charge is 0.0601 e. The van der Waals surface area contributed by atoms with Crippen LogP contribution in [0.2, 0.25) is 0 Å². The van der Waals surface area contributed by atoms with Crippen LogP contribution >= 0.6 is 0 Å². The Labute approximate surface area is 168 Å². The van der Waals surface area contributed by atoms with Gasteiger partial charge in [0.2, 0.25) is 0 Å². The summed E-state index contributed by atoms with van der Waals surface area (Å²) in [5.74, 6) is 0. The number of aliphatic hydroxyl groups is 1. The zero-order chi connectivity index (χ0) is 19.4. The maximum Gasteiger partial charge on any atom is 0.0601 e. The van der Waals surface area contributed by atoms with E-state index in [1.54, 1.807) is 0 Å². The number of hydrogen-bond donors (Lipinski definition) is 1. The van der Waals surface area contributed by atoms with E-state index >= 15 is 0 Å². The standard InChI is InChI=1S/C24H31N3O/c28-21-11-18-26(17-8-3-9-19-27-20-10-16-25-27)24(22-12-4-1-5-13-22)23-14-6-2-7-15-23/h1-2,4-7,10,12-16,20,24,28H,3,8-9,11,17-19,21H2. The summed E-state index contributed by atoms with van der Waals surface area (Å²) in [7, 11) is 0. The van der Waals surface area contributed by atoms with Crippen LogP contribution in [0.5, 0.6) is 0 Å². The molecule has 0 saturated heterocycles. The topological polar surface area (TPSA) is 41.3 Å². The lowest BCUT2D eigenvalue weighted by Crippen LogP contribution is -2.32. The molecule has 0 amide bonds. The van der Waals surface area contributed by atoms with E-state index in [2.05, 4.69) is 70.7 Å². The summed E-state index contributed by atoms with van der Waals surface area (Å²) in [5, 5.41) is 13.7. The molecule has 0 spiro atoms. The largest absolute Gasteiger partial charge is 0.396 e. The SMILES string of the molecule is OCCCN(CCCCCn1cccn1)C(c1ccccc1)c1ccccc1. The first-order valence-electron chi connectivity index (χ1n) is 10.3. The highest BCUT2D eigenvalue weighted by molar-refractivity contribution is 5.31. The molecule has 2 aromatic carbocycles. The van der Waals surface area contributed by atoms with E-state index in [1.807, 2.05) is 23.1 Å². The third kappa shape index (κ3) is 6.04. The first kappa shape index (κ1) is 20.3. The normalized spacial score (nSPS) is 11.4. The number of benzene rings is 2. The number of unbranched alkanes of at least 4 members (excludes halogenated alkanes) is 2. The van der Waals surface area contributed by atoms with Crippen molar-refractivity contribution in [3.05, 3.63) is 90.3 Å². The number of aromatic nitrogens is 2. The molecule has 0 bridgehead atoms. The van der Waals surface area contributed by atoms with Crippen molar-refractivity contribution >= 4 is 0 Å². The summed E-state index contributed by atoms with van der Waals surface area (Å²) in [4.78, 5) is 2.52. The van der Waals surface area contributed by atoms with Crippen molar-refractivity contribution in [3.8, 4) is 0 Å². The minimum absolute atomic E-state index is 0.222. The Kier molecular flexibility index (Phi) is 8.28. The Morgan fingerprint density at radius 2 is 1.43 bits per heavy atom. The van der Waals surface area contributed by atoms with Gasteiger partial charge in [0.05, 0.1) is 6.04 Å². The predicted octanol–water partition coefficient (Wildman–Crippen LogP) is 4.53. The maximum absolute atomic E-state index is 9.42. The third-order valence-corrected chi connectivity index (χ3v) is 5.09. The number of nitrogens with zero attached hydrogens (tertiary/aromatic N) is 3. The molecule has 1 N–H and O–H groups in total. The molecule has 0 atom stereocenters. The van der Waals surface area contributed by atoms with E-state index in [0.717, 1.165) is 38.9 Å². The molecule has 4 nitrogen and oxygen atoms in total. The fourth-order valence-corrected chi connectivity index (χ4v) is 3.73. The second-order valence-electron chi connectivity index (χ2n) is 7.17. The molecule has 0 aliphatic rings. The summed E-state index contributed by atoms with van der Waals surface area (Å²) in [6.07, 6.45) is 8.10. The Morgan fingerprint density at radius 1 is 0.786 bits per heavy atom. The number of hydrogen-bond acceptors (Lipinski definition) is 3. The van der Waals surface area contributed by atoms with Gasteiger partial charge in [0, 0.05) is 32.1 Å². The van der Waals surface area contributed by atoms with Gasteiger partial charge in [0.15, 0.2) is 0 Å². The highest BCUT2D eigenvalue weighted by Crippen LogP contribution is 2.29. The lowest BCUT2D eigenvalue weighted by molar-refractivity contribution is 0.190. The zero-order valence-corrected chi connectivity index (χ0v) is 16.5. The summed E-state index contributed by atoms with van der Waals surface area (Å²) < 4.78 is 2.00. The minimum atomic E-state index is 0.222. The minimum Gasteiger partial charge on any atom is -0.396 e. The van der Waals surface area contributed by atoms with Crippen LogP contribution in [0.15, 0.2) is 79.1 Å². The lowest BCUT2D eigenvalue weighted by Gasteiger charge is -2.32. The fraction of sp³-hybridized carbons (Fsp3) is 0.375. The second kappa shape index (κ2) is 11.4. The summed E-state index contributed by atoms with van der Waals surface area (Å²) in [6, 6.07) is 23.6. The van der Waals surface area contributed by atoms with Gasteiger partial charge in [-0.05, 0) is 43.0 Å². The van der Waals surface area contributed by atoms with Crippen molar-refractivity contribution in [1.82, 2.24) is 14.7 Å². The van der Waals surface area contributed by atoms with Crippen molar-refractivity contribution in [3.63, 3.8) is 0 Å². The van der Waals surface area contributed by atoms with Crippen LogP contribution in [0, 0.1) is 0 Å². The molecule has 0 fully saturated rings. The van der Waals surface area contributed by atoms with Gasteiger partial charge >= 0.3 is 0 Å². The van der Waals surface area contributed by atoms with E-state index in [4.69, 9.17) is 0 Å². The molecule has 3 aromatic rings. The fourth-order valence-electron chi connectivity index (χ4n) is 3.73. The molecular weight excluding hydrogens is 346 g/mol. The molecule has 1 aromatic heterocycles. The summed E-state index contributed by atoms with van der Waals surface area (Å²) in [6.45, 7) is 3.12. The molecule has 0 aliphatic heterocycles. The van der Waals surface area contributed by atoms with Crippen LogP contribution in [-0.4, -0.2) is 39.5 Å². The number of aliphatic hydroxyl groups excluding tert-OH is 1. The second-order valence-corrected chi connectivity index (χ2v) is 7.17. The molecule has 0 radical (unpaired) electrons. The monoisotopic (exact) mass is 377 g/mol. The quantitative estimate of drug-likeness (QED) is 0.472. The van der Waals surface area contributed by atoms with Gasteiger partial charge in [-0.3, -0.25) is 9.58 Å². The van der Waals surface area contributed by atoms with Crippen LogP contribution in [0.25, 0.3) is 0 Å². The van der Waals surface area contributed by atoms with Crippen molar-refractivity contribution in [2.24, 2.45) is 0 Å². The maximum atomic E-state index is 9.42. The molecule has 3 rings (SSSR count). The highest BCUT2D eigenvalue weighted by Gasteiger charge is 2.21. The predicted molar refractivity (Wildman–Crippen MR) is 114 cm³/mol. The molecule has 28 heavy (non-hydrogen) atoms. The van der Waals surface area contributed by atoms with E-state index in [0.29, 0.717) is 0 Å². The van der Waals surface area contributed by atoms with Gasteiger partial charge in [-0.15, -0.1) is 0 Å². The molecule has 1 heterocycles. The van der Waals surface area contributed by atoms with Gasteiger partial charge in [-0.1, -0.05) is 67.1 Å². The molecule has 0 unspecified atom stereocenters. The van der Waals surface area contributed by atoms with E-state index in [-0.39, 0.29) is 12.6 Å². The Bertz CT molecular complexity index is 720. The van der Waals surface area contributed by atoms with Crippen molar-refractivity contribution in [1.29, 1.82) is 0 Å². The molecule has 4 heteroatoms. The average Bonchev–Trinajstić information content (AvgIpc) is 3.26. The first-order chi connectivity index (χ1) is 13.9. The molecule has 0 aliphatic carbocycles.